The minimum atomic E-state index is 0.934. The van der Waals surface area contributed by atoms with Gasteiger partial charge in [-0.3, -0.25) is 0 Å². The van der Waals surface area contributed by atoms with Gasteiger partial charge in [0.05, 0.1) is 0 Å². The number of hydrogen-bond acceptors (Lipinski definition) is 1. The van der Waals surface area contributed by atoms with Gasteiger partial charge in [-0.25, -0.2) is 0 Å². The lowest BCUT2D eigenvalue weighted by Crippen LogP contribution is -2.21. The molecular weight excluding hydrogens is 178 g/mol. The SMILES string of the molecule is CN(CCCBr)C1CC1. The van der Waals surface area contributed by atoms with Crippen molar-refractivity contribution in [1.29, 1.82) is 0 Å². The Morgan fingerprint density at radius 1 is 1.56 bits per heavy atom. The van der Waals surface area contributed by atoms with Crippen LogP contribution in [0.2, 0.25) is 0 Å². The van der Waals surface area contributed by atoms with Crippen LogP contribution in [0.1, 0.15) is 19.3 Å². The molecule has 54 valence electrons. The van der Waals surface area contributed by atoms with Gasteiger partial charge in [0.2, 0.25) is 0 Å². The van der Waals surface area contributed by atoms with Gasteiger partial charge in [0.1, 0.15) is 0 Å². The average Bonchev–Trinajstić information content (AvgIpc) is 2.63. The number of nitrogens with zero attached hydrogens (tertiary/aromatic N) is 1. The summed E-state index contributed by atoms with van der Waals surface area (Å²) < 4.78 is 0. The molecule has 0 radical (unpaired) electrons. The van der Waals surface area contributed by atoms with Gasteiger partial charge in [0.25, 0.3) is 0 Å². The summed E-state index contributed by atoms with van der Waals surface area (Å²) in [5.74, 6) is 0. The maximum atomic E-state index is 3.42. The summed E-state index contributed by atoms with van der Waals surface area (Å²) in [6, 6.07) is 0.934. The second-order valence-corrected chi connectivity index (χ2v) is 3.55. The third-order valence-corrected chi connectivity index (χ3v) is 2.38. The van der Waals surface area contributed by atoms with Crippen molar-refractivity contribution in [3.8, 4) is 0 Å². The molecule has 9 heavy (non-hydrogen) atoms. The number of alkyl halides is 1. The molecule has 1 saturated carbocycles. The first-order valence-corrected chi connectivity index (χ1v) is 4.73. The molecule has 0 aromatic heterocycles. The first-order valence-electron chi connectivity index (χ1n) is 3.61. The van der Waals surface area contributed by atoms with Gasteiger partial charge in [-0.05, 0) is 32.9 Å². The predicted octanol–water partition coefficient (Wildman–Crippen LogP) is 1.87. The molecule has 0 saturated heterocycles. The van der Waals surface area contributed by atoms with E-state index in [-0.39, 0.29) is 0 Å². The monoisotopic (exact) mass is 191 g/mol. The molecule has 0 atom stereocenters. The normalized spacial score (nSPS) is 19.0. The summed E-state index contributed by atoms with van der Waals surface area (Å²) in [5, 5.41) is 1.14. The van der Waals surface area contributed by atoms with Gasteiger partial charge in [-0.1, -0.05) is 15.9 Å². The van der Waals surface area contributed by atoms with E-state index in [9.17, 15) is 0 Å². The van der Waals surface area contributed by atoms with E-state index in [1.165, 1.54) is 25.8 Å². The zero-order chi connectivity index (χ0) is 6.69. The lowest BCUT2D eigenvalue weighted by molar-refractivity contribution is 0.326. The largest absolute Gasteiger partial charge is 0.303 e. The van der Waals surface area contributed by atoms with E-state index in [0.29, 0.717) is 0 Å². The zero-order valence-electron chi connectivity index (χ0n) is 5.94. The highest BCUT2D eigenvalue weighted by atomic mass is 79.9. The molecule has 0 aliphatic heterocycles. The topological polar surface area (TPSA) is 3.24 Å². The van der Waals surface area contributed by atoms with Crippen molar-refractivity contribution in [2.75, 3.05) is 18.9 Å². The van der Waals surface area contributed by atoms with Crippen molar-refractivity contribution in [2.24, 2.45) is 0 Å². The van der Waals surface area contributed by atoms with Crippen molar-refractivity contribution in [3.63, 3.8) is 0 Å². The summed E-state index contributed by atoms with van der Waals surface area (Å²) in [6.07, 6.45) is 4.14. The molecule has 2 heteroatoms. The molecule has 0 unspecified atom stereocenters. The van der Waals surface area contributed by atoms with E-state index in [0.717, 1.165) is 11.4 Å². The Kier molecular flexibility index (Phi) is 2.99. The van der Waals surface area contributed by atoms with Crippen molar-refractivity contribution >= 4 is 15.9 Å². The quantitative estimate of drug-likeness (QED) is 0.614. The minimum Gasteiger partial charge on any atom is -0.303 e. The zero-order valence-corrected chi connectivity index (χ0v) is 7.52. The van der Waals surface area contributed by atoms with Gasteiger partial charge >= 0.3 is 0 Å². The first kappa shape index (κ1) is 7.55. The van der Waals surface area contributed by atoms with Crippen LogP contribution >= 0.6 is 15.9 Å². The Morgan fingerprint density at radius 3 is 2.67 bits per heavy atom. The molecule has 0 heterocycles. The van der Waals surface area contributed by atoms with Crippen molar-refractivity contribution in [3.05, 3.63) is 0 Å². The van der Waals surface area contributed by atoms with Gasteiger partial charge in [0, 0.05) is 11.4 Å². The summed E-state index contributed by atoms with van der Waals surface area (Å²) >= 11 is 3.42. The van der Waals surface area contributed by atoms with Crippen molar-refractivity contribution in [1.82, 2.24) is 4.90 Å². The number of rotatable bonds is 4. The molecule has 0 bridgehead atoms. The van der Waals surface area contributed by atoms with E-state index in [2.05, 4.69) is 27.9 Å². The molecule has 1 nitrogen and oxygen atoms in total. The predicted molar refractivity (Wildman–Crippen MR) is 44.1 cm³/mol. The van der Waals surface area contributed by atoms with E-state index < -0.39 is 0 Å². The summed E-state index contributed by atoms with van der Waals surface area (Å²) in [5.41, 5.74) is 0. The first-order chi connectivity index (χ1) is 4.34. The fraction of sp³-hybridized carbons (Fsp3) is 1.00. The lowest BCUT2D eigenvalue weighted by Gasteiger charge is -2.13. The standard InChI is InChI=1S/C7H14BrN/c1-9(6-2-5-8)7-3-4-7/h7H,2-6H2,1H3. The second-order valence-electron chi connectivity index (χ2n) is 2.75. The van der Waals surface area contributed by atoms with Gasteiger partial charge < -0.3 is 4.90 Å². The minimum absolute atomic E-state index is 0.934. The summed E-state index contributed by atoms with van der Waals surface area (Å²) in [7, 11) is 2.22. The average molecular weight is 192 g/mol. The Bertz CT molecular complexity index is 81.0. The Morgan fingerprint density at radius 2 is 2.22 bits per heavy atom. The Balaban J connectivity index is 1.96. The van der Waals surface area contributed by atoms with Crippen LogP contribution in [0.5, 0.6) is 0 Å². The molecular formula is C7H14BrN. The third-order valence-electron chi connectivity index (χ3n) is 1.81. The molecule has 1 fully saturated rings. The third kappa shape index (κ3) is 2.67. The van der Waals surface area contributed by atoms with Gasteiger partial charge in [0.15, 0.2) is 0 Å². The lowest BCUT2D eigenvalue weighted by atomic mass is 10.4. The van der Waals surface area contributed by atoms with Gasteiger partial charge in [-0.15, -0.1) is 0 Å². The van der Waals surface area contributed by atoms with Crippen molar-refractivity contribution < 1.29 is 0 Å². The maximum absolute atomic E-state index is 3.42. The highest BCUT2D eigenvalue weighted by Crippen LogP contribution is 2.25. The Hall–Kier alpha value is 0.440. The second kappa shape index (κ2) is 3.57. The van der Waals surface area contributed by atoms with Crippen LogP contribution in [-0.4, -0.2) is 29.9 Å². The maximum Gasteiger partial charge on any atom is 0.00933 e. The molecule has 0 amide bonds. The highest BCUT2D eigenvalue weighted by molar-refractivity contribution is 9.09. The molecule has 0 aromatic carbocycles. The van der Waals surface area contributed by atoms with Crippen LogP contribution in [0.4, 0.5) is 0 Å². The van der Waals surface area contributed by atoms with Gasteiger partial charge in [-0.2, -0.15) is 0 Å². The number of hydrogen-bond donors (Lipinski definition) is 0. The molecule has 1 rings (SSSR count). The van der Waals surface area contributed by atoms with Crippen molar-refractivity contribution in [2.45, 2.75) is 25.3 Å². The van der Waals surface area contributed by atoms with Crippen LogP contribution < -0.4 is 0 Å². The molecule has 0 N–H and O–H groups in total. The Labute approximate surface area is 65.6 Å². The van der Waals surface area contributed by atoms with Crippen LogP contribution in [-0.2, 0) is 0 Å². The van der Waals surface area contributed by atoms with Crippen LogP contribution in [0.15, 0.2) is 0 Å². The molecule has 0 aromatic rings. The van der Waals surface area contributed by atoms with Crippen LogP contribution in [0.3, 0.4) is 0 Å². The fourth-order valence-electron chi connectivity index (χ4n) is 1.01. The van der Waals surface area contributed by atoms with E-state index >= 15 is 0 Å². The summed E-state index contributed by atoms with van der Waals surface area (Å²) in [4.78, 5) is 2.46. The highest BCUT2D eigenvalue weighted by Gasteiger charge is 2.24. The molecule has 0 spiro atoms. The van der Waals surface area contributed by atoms with E-state index in [4.69, 9.17) is 0 Å². The number of halogens is 1. The molecule has 1 aliphatic carbocycles. The smallest absolute Gasteiger partial charge is 0.00933 e. The van der Waals surface area contributed by atoms with E-state index in [1.54, 1.807) is 0 Å². The molecule has 1 aliphatic rings. The van der Waals surface area contributed by atoms with E-state index in [1.807, 2.05) is 0 Å². The van der Waals surface area contributed by atoms with Crippen LogP contribution in [0, 0.1) is 0 Å². The van der Waals surface area contributed by atoms with Crippen LogP contribution in [0.25, 0.3) is 0 Å². The summed E-state index contributed by atoms with van der Waals surface area (Å²) in [6.45, 7) is 1.26. The fourth-order valence-corrected chi connectivity index (χ4v) is 1.26.